The molecule has 2 aromatic rings. The van der Waals surface area contributed by atoms with Gasteiger partial charge in [0.25, 0.3) is 0 Å². The molecule has 0 saturated heterocycles. The Hall–Kier alpha value is -1.14. The maximum absolute atomic E-state index is 4.34. The highest BCUT2D eigenvalue weighted by Crippen LogP contribution is 2.22. The molecule has 4 nitrogen and oxygen atoms in total. The van der Waals surface area contributed by atoms with Crippen molar-refractivity contribution in [2.24, 2.45) is 0 Å². The number of aromatic nitrogens is 2. The van der Waals surface area contributed by atoms with E-state index in [1.165, 1.54) is 10.4 Å². The van der Waals surface area contributed by atoms with E-state index in [1.807, 2.05) is 0 Å². The van der Waals surface area contributed by atoms with Crippen LogP contribution < -0.4 is 10.6 Å². The Morgan fingerprint density at radius 1 is 1.47 bits per heavy atom. The van der Waals surface area contributed by atoms with E-state index in [0.29, 0.717) is 5.95 Å². The summed E-state index contributed by atoms with van der Waals surface area (Å²) in [6, 6.07) is 2.12. The average Bonchev–Trinajstić information content (AvgIpc) is 2.74. The molecule has 0 aliphatic rings. The van der Waals surface area contributed by atoms with Gasteiger partial charge in [-0.2, -0.15) is 4.98 Å². The van der Waals surface area contributed by atoms with Crippen LogP contribution in [0.5, 0.6) is 0 Å². The number of aryl methyl sites for hydroxylation is 1. The molecule has 0 bridgehead atoms. The molecule has 0 atom stereocenters. The van der Waals surface area contributed by atoms with Crippen LogP contribution in [0.1, 0.15) is 10.4 Å². The van der Waals surface area contributed by atoms with Crippen LogP contribution in [0, 0.1) is 6.92 Å². The second-order valence-corrected chi connectivity index (χ2v) is 5.38. The molecule has 0 spiro atoms. The first-order chi connectivity index (χ1) is 8.20. The number of nitrogens with one attached hydrogen (secondary N) is 2. The number of hydrogen-bond donors (Lipinski definition) is 2. The van der Waals surface area contributed by atoms with Crippen LogP contribution in [0.25, 0.3) is 0 Å². The van der Waals surface area contributed by atoms with Crippen LogP contribution in [0.4, 0.5) is 11.8 Å². The Morgan fingerprint density at radius 2 is 2.29 bits per heavy atom. The summed E-state index contributed by atoms with van der Waals surface area (Å²) in [5.41, 5.74) is 1.31. The summed E-state index contributed by atoms with van der Waals surface area (Å²) < 4.78 is 0.866. The molecule has 0 aliphatic heterocycles. The predicted octanol–water partition coefficient (Wildman–Crippen LogP) is 3.26. The molecule has 90 valence electrons. The average molecular weight is 313 g/mol. The van der Waals surface area contributed by atoms with Crippen molar-refractivity contribution in [1.29, 1.82) is 0 Å². The lowest BCUT2D eigenvalue weighted by Crippen LogP contribution is -2.04. The number of thiophene rings is 1. The van der Waals surface area contributed by atoms with E-state index in [2.05, 4.69) is 54.9 Å². The van der Waals surface area contributed by atoms with Gasteiger partial charge in [-0.05, 0) is 39.9 Å². The molecule has 2 aromatic heterocycles. The normalized spacial score (nSPS) is 10.3. The molecular weight excluding hydrogens is 300 g/mol. The second kappa shape index (κ2) is 5.46. The van der Waals surface area contributed by atoms with E-state index in [4.69, 9.17) is 0 Å². The third-order valence-corrected chi connectivity index (χ3v) is 3.96. The van der Waals surface area contributed by atoms with E-state index in [0.717, 1.165) is 16.8 Å². The van der Waals surface area contributed by atoms with Crippen molar-refractivity contribution in [3.63, 3.8) is 0 Å². The first-order valence-corrected chi connectivity index (χ1v) is 6.85. The maximum Gasteiger partial charge on any atom is 0.224 e. The van der Waals surface area contributed by atoms with Gasteiger partial charge in [0.05, 0.1) is 11.0 Å². The molecule has 0 saturated carbocycles. The van der Waals surface area contributed by atoms with Gasteiger partial charge in [0, 0.05) is 18.1 Å². The largest absolute Gasteiger partial charge is 0.364 e. The molecule has 0 radical (unpaired) electrons. The zero-order valence-corrected chi connectivity index (χ0v) is 12.0. The van der Waals surface area contributed by atoms with Crippen molar-refractivity contribution < 1.29 is 0 Å². The fraction of sp³-hybridized carbons (Fsp3) is 0.273. The number of rotatable bonds is 4. The molecule has 6 heteroatoms. The third kappa shape index (κ3) is 2.95. The molecular formula is C11H13BrN4S. The van der Waals surface area contributed by atoms with Gasteiger partial charge in [-0.25, -0.2) is 4.98 Å². The van der Waals surface area contributed by atoms with Crippen molar-refractivity contribution in [3.8, 4) is 0 Å². The summed E-state index contributed by atoms with van der Waals surface area (Å²) >= 11 is 5.18. The molecule has 0 amide bonds. The van der Waals surface area contributed by atoms with Crippen molar-refractivity contribution in [1.82, 2.24) is 9.97 Å². The van der Waals surface area contributed by atoms with E-state index < -0.39 is 0 Å². The van der Waals surface area contributed by atoms with Crippen molar-refractivity contribution >= 4 is 39.0 Å². The quantitative estimate of drug-likeness (QED) is 0.909. The van der Waals surface area contributed by atoms with Crippen LogP contribution in [0.3, 0.4) is 0 Å². The minimum atomic E-state index is 0.610. The fourth-order valence-electron chi connectivity index (χ4n) is 1.36. The van der Waals surface area contributed by atoms with E-state index >= 15 is 0 Å². The lowest BCUT2D eigenvalue weighted by atomic mass is 10.3. The van der Waals surface area contributed by atoms with Gasteiger partial charge in [-0.3, -0.25) is 0 Å². The van der Waals surface area contributed by atoms with Crippen LogP contribution >= 0.6 is 27.3 Å². The van der Waals surface area contributed by atoms with Crippen LogP contribution in [0.15, 0.2) is 22.1 Å². The first kappa shape index (κ1) is 12.3. The minimum Gasteiger partial charge on any atom is -0.364 e. The number of anilines is 2. The molecule has 2 heterocycles. The van der Waals surface area contributed by atoms with E-state index in [1.54, 1.807) is 24.6 Å². The summed E-state index contributed by atoms with van der Waals surface area (Å²) in [7, 11) is 1.80. The van der Waals surface area contributed by atoms with E-state index in [-0.39, 0.29) is 0 Å². The van der Waals surface area contributed by atoms with Crippen LogP contribution in [0.2, 0.25) is 0 Å². The van der Waals surface area contributed by atoms with Gasteiger partial charge in [0.1, 0.15) is 5.82 Å². The van der Waals surface area contributed by atoms with Gasteiger partial charge in [-0.15, -0.1) is 11.3 Å². The first-order valence-electron chi connectivity index (χ1n) is 5.18. The second-order valence-electron chi connectivity index (χ2n) is 3.52. The van der Waals surface area contributed by atoms with Crippen LogP contribution in [-0.4, -0.2) is 17.0 Å². The Balaban J connectivity index is 2.11. The van der Waals surface area contributed by atoms with Crippen molar-refractivity contribution in [2.45, 2.75) is 13.5 Å². The number of halogens is 1. The third-order valence-electron chi connectivity index (χ3n) is 2.35. The lowest BCUT2D eigenvalue weighted by Gasteiger charge is -2.08. The van der Waals surface area contributed by atoms with Gasteiger partial charge < -0.3 is 10.6 Å². The Bertz CT molecular complexity index is 512. The van der Waals surface area contributed by atoms with Gasteiger partial charge in [0.15, 0.2) is 0 Å². The topological polar surface area (TPSA) is 49.8 Å². The molecule has 0 aromatic carbocycles. The van der Waals surface area contributed by atoms with Crippen molar-refractivity contribution in [2.75, 3.05) is 17.7 Å². The predicted molar refractivity (Wildman–Crippen MR) is 75.7 cm³/mol. The Labute approximate surface area is 113 Å². The van der Waals surface area contributed by atoms with E-state index in [9.17, 15) is 0 Å². The molecule has 0 fully saturated rings. The van der Waals surface area contributed by atoms with Gasteiger partial charge >= 0.3 is 0 Å². The Morgan fingerprint density at radius 3 is 2.94 bits per heavy atom. The standard InChI is InChI=1S/C11H13BrN4S/c1-7-3-4-17-9(7)6-14-10-8(12)5-15-11(13-2)16-10/h3-5H,6H2,1-2H3,(H2,13,14,15,16). The zero-order chi connectivity index (χ0) is 12.3. The number of nitrogens with zero attached hydrogens (tertiary/aromatic N) is 2. The number of hydrogen-bond acceptors (Lipinski definition) is 5. The molecule has 2 N–H and O–H groups in total. The minimum absolute atomic E-state index is 0.610. The smallest absolute Gasteiger partial charge is 0.224 e. The van der Waals surface area contributed by atoms with Crippen LogP contribution in [-0.2, 0) is 6.54 Å². The maximum atomic E-state index is 4.34. The van der Waals surface area contributed by atoms with Gasteiger partial charge in [0.2, 0.25) is 5.95 Å². The Kier molecular flexibility index (Phi) is 3.96. The summed E-state index contributed by atoms with van der Waals surface area (Å²) in [4.78, 5) is 9.78. The summed E-state index contributed by atoms with van der Waals surface area (Å²) in [6.45, 7) is 2.89. The summed E-state index contributed by atoms with van der Waals surface area (Å²) in [5.74, 6) is 1.41. The highest BCUT2D eigenvalue weighted by atomic mass is 79.9. The highest BCUT2D eigenvalue weighted by molar-refractivity contribution is 9.10. The SMILES string of the molecule is CNc1ncc(Br)c(NCc2sccc2C)n1. The van der Waals surface area contributed by atoms with Crippen molar-refractivity contribution in [3.05, 3.63) is 32.6 Å². The summed E-state index contributed by atoms with van der Waals surface area (Å²) in [5, 5.41) is 8.32. The highest BCUT2D eigenvalue weighted by Gasteiger charge is 2.05. The monoisotopic (exact) mass is 312 g/mol. The zero-order valence-electron chi connectivity index (χ0n) is 9.62. The molecule has 0 aliphatic carbocycles. The lowest BCUT2D eigenvalue weighted by molar-refractivity contribution is 1.08. The van der Waals surface area contributed by atoms with Gasteiger partial charge in [-0.1, -0.05) is 0 Å². The molecule has 17 heavy (non-hydrogen) atoms. The molecule has 2 rings (SSSR count). The fourth-order valence-corrected chi connectivity index (χ4v) is 2.54. The molecule has 0 unspecified atom stereocenters. The summed E-state index contributed by atoms with van der Waals surface area (Å²) in [6.07, 6.45) is 1.74.